The molecule has 0 aromatic carbocycles. The van der Waals surface area contributed by atoms with Gasteiger partial charge < -0.3 is 11.5 Å². The molecule has 0 amide bonds. The highest BCUT2D eigenvalue weighted by atomic mass is 15.3. The van der Waals surface area contributed by atoms with Crippen molar-refractivity contribution in [2.75, 3.05) is 11.5 Å². The Kier molecular flexibility index (Phi) is 1.85. The molecule has 2 aromatic rings. The first kappa shape index (κ1) is 8.55. The fraction of sp³-hybridized carbons (Fsp3) is 0.111. The molecule has 0 fully saturated rings. The number of pyridine rings is 1. The summed E-state index contributed by atoms with van der Waals surface area (Å²) in [5.41, 5.74) is 13.3. The van der Waals surface area contributed by atoms with Gasteiger partial charge >= 0.3 is 0 Å². The van der Waals surface area contributed by atoms with Gasteiger partial charge in [-0.3, -0.25) is 0 Å². The minimum Gasteiger partial charge on any atom is -0.397 e. The van der Waals surface area contributed by atoms with Gasteiger partial charge in [0.15, 0.2) is 5.82 Å². The Labute approximate surface area is 81.4 Å². The van der Waals surface area contributed by atoms with Crippen molar-refractivity contribution in [1.29, 1.82) is 0 Å². The number of nitrogen functional groups attached to an aromatic ring is 2. The summed E-state index contributed by atoms with van der Waals surface area (Å²) >= 11 is 0. The summed E-state index contributed by atoms with van der Waals surface area (Å²) in [5.74, 6) is 0.707. The van der Waals surface area contributed by atoms with Crippen LogP contribution in [0.5, 0.6) is 0 Å². The van der Waals surface area contributed by atoms with E-state index in [0.29, 0.717) is 17.2 Å². The summed E-state index contributed by atoms with van der Waals surface area (Å²) in [7, 11) is 0. The van der Waals surface area contributed by atoms with E-state index in [2.05, 4.69) is 10.1 Å². The summed E-state index contributed by atoms with van der Waals surface area (Å²) in [5, 5.41) is 4.20. The van der Waals surface area contributed by atoms with Gasteiger partial charge in [0.25, 0.3) is 0 Å². The topological polar surface area (TPSA) is 82.8 Å². The molecule has 0 radical (unpaired) electrons. The summed E-state index contributed by atoms with van der Waals surface area (Å²) in [6, 6.07) is 3.57. The van der Waals surface area contributed by atoms with E-state index < -0.39 is 0 Å². The van der Waals surface area contributed by atoms with Crippen molar-refractivity contribution >= 4 is 11.4 Å². The van der Waals surface area contributed by atoms with E-state index in [1.807, 2.05) is 6.92 Å². The minimum absolute atomic E-state index is 0.630. The zero-order valence-corrected chi connectivity index (χ0v) is 7.81. The normalized spacial score (nSPS) is 10.4. The SMILES string of the molecule is Cc1nn(-c2ccc(N)cn2)cc1N. The second kappa shape index (κ2) is 3.02. The zero-order chi connectivity index (χ0) is 10.1. The van der Waals surface area contributed by atoms with Crippen LogP contribution in [0.2, 0.25) is 0 Å². The Morgan fingerprint density at radius 1 is 1.29 bits per heavy atom. The Bertz CT molecular complexity index is 423. The predicted octanol–water partition coefficient (Wildman–Crippen LogP) is 0.740. The molecule has 0 aliphatic heterocycles. The molecule has 2 aromatic heterocycles. The molecular weight excluding hydrogens is 178 g/mol. The van der Waals surface area contributed by atoms with Crippen LogP contribution in [0.25, 0.3) is 5.82 Å². The van der Waals surface area contributed by atoms with Gasteiger partial charge in [-0.15, -0.1) is 0 Å². The lowest BCUT2D eigenvalue weighted by Gasteiger charge is -1.99. The molecule has 0 aliphatic carbocycles. The van der Waals surface area contributed by atoms with Gasteiger partial charge in [0.2, 0.25) is 0 Å². The Balaban J connectivity index is 2.44. The Morgan fingerprint density at radius 2 is 2.07 bits per heavy atom. The molecule has 5 nitrogen and oxygen atoms in total. The van der Waals surface area contributed by atoms with Gasteiger partial charge in [-0.2, -0.15) is 5.10 Å². The molecular formula is C9H11N5. The molecule has 2 heterocycles. The van der Waals surface area contributed by atoms with Crippen molar-refractivity contribution in [3.63, 3.8) is 0 Å². The van der Waals surface area contributed by atoms with Crippen LogP contribution in [-0.2, 0) is 0 Å². The van der Waals surface area contributed by atoms with E-state index in [4.69, 9.17) is 11.5 Å². The molecule has 0 saturated carbocycles. The maximum atomic E-state index is 5.67. The summed E-state index contributed by atoms with van der Waals surface area (Å²) in [4.78, 5) is 4.12. The maximum Gasteiger partial charge on any atom is 0.153 e. The fourth-order valence-corrected chi connectivity index (χ4v) is 1.12. The first-order chi connectivity index (χ1) is 6.66. The van der Waals surface area contributed by atoms with E-state index in [1.165, 1.54) is 0 Å². The van der Waals surface area contributed by atoms with Gasteiger partial charge in [-0.25, -0.2) is 9.67 Å². The largest absolute Gasteiger partial charge is 0.397 e. The third kappa shape index (κ3) is 1.39. The standard InChI is InChI=1S/C9H11N5/c1-6-8(11)5-14(13-6)9-3-2-7(10)4-12-9/h2-5H,10-11H2,1H3. The smallest absolute Gasteiger partial charge is 0.153 e. The summed E-state index contributed by atoms with van der Waals surface area (Å²) in [6.45, 7) is 1.85. The number of nitrogens with two attached hydrogens (primary N) is 2. The highest BCUT2D eigenvalue weighted by molar-refractivity contribution is 5.43. The Morgan fingerprint density at radius 3 is 2.57 bits per heavy atom. The number of aromatic nitrogens is 3. The van der Waals surface area contributed by atoms with E-state index in [0.717, 1.165) is 5.69 Å². The average Bonchev–Trinajstić information content (AvgIpc) is 2.48. The van der Waals surface area contributed by atoms with E-state index >= 15 is 0 Å². The molecule has 5 heteroatoms. The van der Waals surface area contributed by atoms with E-state index in [1.54, 1.807) is 29.2 Å². The van der Waals surface area contributed by atoms with Crippen molar-refractivity contribution in [3.8, 4) is 5.82 Å². The van der Waals surface area contributed by atoms with Crippen molar-refractivity contribution in [2.45, 2.75) is 6.92 Å². The van der Waals surface area contributed by atoms with Crippen LogP contribution in [0.3, 0.4) is 0 Å². The average molecular weight is 189 g/mol. The lowest BCUT2D eigenvalue weighted by Crippen LogP contribution is -1.98. The summed E-state index contributed by atoms with van der Waals surface area (Å²) < 4.78 is 1.63. The van der Waals surface area contributed by atoms with E-state index in [-0.39, 0.29) is 0 Å². The van der Waals surface area contributed by atoms with Crippen molar-refractivity contribution in [3.05, 3.63) is 30.2 Å². The van der Waals surface area contributed by atoms with Gasteiger partial charge in [-0.05, 0) is 19.1 Å². The molecule has 14 heavy (non-hydrogen) atoms. The molecule has 0 atom stereocenters. The number of hydrogen-bond acceptors (Lipinski definition) is 4. The molecule has 0 bridgehead atoms. The third-order valence-corrected chi connectivity index (χ3v) is 1.94. The molecule has 0 spiro atoms. The molecule has 2 rings (SSSR count). The lowest BCUT2D eigenvalue weighted by atomic mass is 10.4. The highest BCUT2D eigenvalue weighted by Crippen LogP contribution is 2.11. The first-order valence-electron chi connectivity index (χ1n) is 4.20. The predicted molar refractivity (Wildman–Crippen MR) is 54.9 cm³/mol. The van der Waals surface area contributed by atoms with Crippen molar-refractivity contribution in [1.82, 2.24) is 14.8 Å². The van der Waals surface area contributed by atoms with E-state index in [9.17, 15) is 0 Å². The van der Waals surface area contributed by atoms with Crippen molar-refractivity contribution < 1.29 is 0 Å². The minimum atomic E-state index is 0.630. The zero-order valence-electron chi connectivity index (χ0n) is 7.81. The highest BCUT2D eigenvalue weighted by Gasteiger charge is 2.03. The second-order valence-electron chi connectivity index (χ2n) is 3.06. The monoisotopic (exact) mass is 189 g/mol. The molecule has 0 unspecified atom stereocenters. The van der Waals surface area contributed by atoms with Crippen LogP contribution in [0.4, 0.5) is 11.4 Å². The molecule has 0 saturated heterocycles. The second-order valence-corrected chi connectivity index (χ2v) is 3.06. The van der Waals surface area contributed by atoms with Crippen LogP contribution < -0.4 is 11.5 Å². The van der Waals surface area contributed by atoms with Crippen LogP contribution >= 0.6 is 0 Å². The number of anilines is 2. The quantitative estimate of drug-likeness (QED) is 0.693. The van der Waals surface area contributed by atoms with Crippen LogP contribution in [0.15, 0.2) is 24.5 Å². The van der Waals surface area contributed by atoms with Crippen molar-refractivity contribution in [2.24, 2.45) is 0 Å². The molecule has 4 N–H and O–H groups in total. The van der Waals surface area contributed by atoms with Gasteiger partial charge in [-0.1, -0.05) is 0 Å². The van der Waals surface area contributed by atoms with Gasteiger partial charge in [0.05, 0.1) is 29.5 Å². The number of rotatable bonds is 1. The number of hydrogen-bond donors (Lipinski definition) is 2. The Hall–Kier alpha value is -2.04. The van der Waals surface area contributed by atoms with Gasteiger partial charge in [0, 0.05) is 0 Å². The molecule has 72 valence electrons. The fourth-order valence-electron chi connectivity index (χ4n) is 1.12. The van der Waals surface area contributed by atoms with Crippen LogP contribution in [-0.4, -0.2) is 14.8 Å². The number of aryl methyl sites for hydroxylation is 1. The van der Waals surface area contributed by atoms with Crippen LogP contribution in [0, 0.1) is 6.92 Å². The first-order valence-corrected chi connectivity index (χ1v) is 4.20. The number of nitrogens with zero attached hydrogens (tertiary/aromatic N) is 3. The maximum absolute atomic E-state index is 5.67. The van der Waals surface area contributed by atoms with Gasteiger partial charge in [0.1, 0.15) is 0 Å². The lowest BCUT2D eigenvalue weighted by molar-refractivity contribution is 0.833. The third-order valence-electron chi connectivity index (χ3n) is 1.94. The van der Waals surface area contributed by atoms with Crippen LogP contribution in [0.1, 0.15) is 5.69 Å². The summed E-state index contributed by atoms with van der Waals surface area (Å²) in [6.07, 6.45) is 3.32. The molecule has 0 aliphatic rings.